The van der Waals surface area contributed by atoms with Crippen LogP contribution in [-0.2, 0) is 9.53 Å². The van der Waals surface area contributed by atoms with Crippen LogP contribution in [0.15, 0.2) is 81.9 Å². The van der Waals surface area contributed by atoms with Crippen LogP contribution in [0.3, 0.4) is 0 Å². The molecule has 0 unspecified atom stereocenters. The first-order valence-corrected chi connectivity index (χ1v) is 9.52. The summed E-state index contributed by atoms with van der Waals surface area (Å²) in [6, 6.07) is 19.6. The second kappa shape index (κ2) is 7.05. The molecule has 2 N–H and O–H groups in total. The number of hydrogen-bond donors (Lipinski definition) is 1. The van der Waals surface area contributed by atoms with Gasteiger partial charge in [0.2, 0.25) is 5.88 Å². The van der Waals surface area contributed by atoms with Gasteiger partial charge in [-0.05, 0) is 29.2 Å². The summed E-state index contributed by atoms with van der Waals surface area (Å²) in [4.78, 5) is 13.1. The summed E-state index contributed by atoms with van der Waals surface area (Å²) in [6.07, 6.45) is 0.973. The van der Waals surface area contributed by atoms with Gasteiger partial charge in [0.25, 0.3) is 0 Å². The van der Waals surface area contributed by atoms with E-state index in [-0.39, 0.29) is 17.6 Å². The number of ether oxygens (including phenoxy) is 1. The molecule has 27 heavy (non-hydrogen) atoms. The van der Waals surface area contributed by atoms with Crippen LogP contribution < -0.4 is 5.73 Å². The number of carbonyl (C=O) groups is 1. The van der Waals surface area contributed by atoms with Crippen molar-refractivity contribution in [2.45, 2.75) is 24.7 Å². The summed E-state index contributed by atoms with van der Waals surface area (Å²) in [5.74, 6) is 0.252. The van der Waals surface area contributed by atoms with Crippen LogP contribution in [0.5, 0.6) is 0 Å². The van der Waals surface area contributed by atoms with Gasteiger partial charge in [0.15, 0.2) is 5.78 Å². The average molecular weight is 421 g/mol. The van der Waals surface area contributed by atoms with E-state index in [0.717, 1.165) is 15.6 Å². The van der Waals surface area contributed by atoms with Crippen molar-refractivity contribution in [1.82, 2.24) is 0 Å². The number of halogens is 1. The molecule has 2 aliphatic rings. The summed E-state index contributed by atoms with van der Waals surface area (Å²) in [6.45, 7) is 0. The third-order valence-corrected chi connectivity index (χ3v) is 5.61. The molecular formula is C22H17BrN2O2. The second-order valence-corrected chi connectivity index (χ2v) is 7.67. The Labute approximate surface area is 166 Å². The van der Waals surface area contributed by atoms with Gasteiger partial charge in [0.1, 0.15) is 17.4 Å². The van der Waals surface area contributed by atoms with Crippen molar-refractivity contribution < 1.29 is 9.53 Å². The molecule has 0 amide bonds. The van der Waals surface area contributed by atoms with Crippen LogP contribution in [0.25, 0.3) is 0 Å². The lowest BCUT2D eigenvalue weighted by Gasteiger charge is -2.34. The predicted molar refractivity (Wildman–Crippen MR) is 105 cm³/mol. The van der Waals surface area contributed by atoms with Crippen LogP contribution in [-0.4, -0.2) is 5.78 Å². The van der Waals surface area contributed by atoms with Gasteiger partial charge in [-0.3, -0.25) is 4.79 Å². The van der Waals surface area contributed by atoms with Crippen molar-refractivity contribution in [3.63, 3.8) is 0 Å². The molecule has 0 saturated heterocycles. The molecule has 134 valence electrons. The highest BCUT2D eigenvalue weighted by Gasteiger charge is 2.40. The second-order valence-electron chi connectivity index (χ2n) is 6.76. The van der Waals surface area contributed by atoms with E-state index < -0.39 is 5.92 Å². The lowest BCUT2D eigenvalue weighted by Crippen LogP contribution is -2.29. The first-order chi connectivity index (χ1) is 13.1. The fourth-order valence-corrected chi connectivity index (χ4v) is 4.30. The first-order valence-electron chi connectivity index (χ1n) is 8.72. The van der Waals surface area contributed by atoms with Gasteiger partial charge in [0, 0.05) is 22.9 Å². The highest BCUT2D eigenvalue weighted by molar-refractivity contribution is 9.10. The van der Waals surface area contributed by atoms with E-state index >= 15 is 0 Å². The molecule has 1 aliphatic carbocycles. The van der Waals surface area contributed by atoms with Crippen LogP contribution in [0, 0.1) is 11.3 Å². The molecule has 4 nitrogen and oxygen atoms in total. The topological polar surface area (TPSA) is 76.1 Å². The van der Waals surface area contributed by atoms with E-state index in [1.165, 1.54) is 0 Å². The van der Waals surface area contributed by atoms with E-state index in [9.17, 15) is 10.1 Å². The number of nitrogens with two attached hydrogens (primary N) is 1. The molecule has 0 saturated carbocycles. The minimum Gasteiger partial charge on any atom is -0.444 e. The number of carbonyl (C=O) groups excluding carboxylic acids is 1. The predicted octanol–water partition coefficient (Wildman–Crippen LogP) is 4.66. The summed E-state index contributed by atoms with van der Waals surface area (Å²) in [5, 5.41) is 9.62. The number of nitrogens with zero attached hydrogens (tertiary/aromatic N) is 1. The third-order valence-electron chi connectivity index (χ3n) is 5.11. The Balaban J connectivity index is 1.78. The summed E-state index contributed by atoms with van der Waals surface area (Å²) >= 11 is 3.49. The highest BCUT2D eigenvalue weighted by atomic mass is 79.9. The molecule has 2 aromatic carbocycles. The molecule has 0 bridgehead atoms. The molecule has 0 fully saturated rings. The number of Topliss-reactive ketones (excluding diaryl/α,β-unsaturated/α-hetero) is 1. The number of ketones is 1. The molecule has 1 aliphatic heterocycles. The van der Waals surface area contributed by atoms with Crippen LogP contribution >= 0.6 is 15.9 Å². The van der Waals surface area contributed by atoms with Crippen molar-refractivity contribution >= 4 is 21.7 Å². The number of nitriles is 1. The van der Waals surface area contributed by atoms with E-state index in [2.05, 4.69) is 22.0 Å². The van der Waals surface area contributed by atoms with Gasteiger partial charge < -0.3 is 10.5 Å². The van der Waals surface area contributed by atoms with Crippen LogP contribution in [0.2, 0.25) is 0 Å². The Morgan fingerprint density at radius 2 is 1.81 bits per heavy atom. The number of rotatable bonds is 2. The maximum Gasteiger partial charge on any atom is 0.205 e. The van der Waals surface area contributed by atoms with Gasteiger partial charge in [-0.1, -0.05) is 58.4 Å². The van der Waals surface area contributed by atoms with Gasteiger partial charge in [-0.25, -0.2) is 0 Å². The lowest BCUT2D eigenvalue weighted by molar-refractivity contribution is -0.117. The largest absolute Gasteiger partial charge is 0.444 e. The maximum atomic E-state index is 13.1. The van der Waals surface area contributed by atoms with Gasteiger partial charge in [-0.15, -0.1) is 0 Å². The molecule has 5 heteroatoms. The minimum absolute atomic E-state index is 0.00956. The molecule has 0 radical (unpaired) electrons. The number of hydrogen-bond acceptors (Lipinski definition) is 4. The number of benzene rings is 2. The number of allylic oxidation sites excluding steroid dienone is 3. The SMILES string of the molecule is N#CC1=C(N)OC2=C(C(=O)C[C@@H](c3cccc(Br)c3)C2)[C@@H]1c1ccccc1. The van der Waals surface area contributed by atoms with Crippen molar-refractivity contribution in [3.8, 4) is 6.07 Å². The Kier molecular flexibility index (Phi) is 4.59. The molecule has 1 heterocycles. The molecule has 4 rings (SSSR count). The monoisotopic (exact) mass is 420 g/mol. The molecule has 2 aromatic rings. The Bertz CT molecular complexity index is 1020. The first kappa shape index (κ1) is 17.6. The average Bonchev–Trinajstić information content (AvgIpc) is 2.67. The summed E-state index contributed by atoms with van der Waals surface area (Å²) in [7, 11) is 0. The zero-order valence-electron chi connectivity index (χ0n) is 14.5. The Morgan fingerprint density at radius 1 is 1.07 bits per heavy atom. The Morgan fingerprint density at radius 3 is 2.52 bits per heavy atom. The lowest BCUT2D eigenvalue weighted by atomic mass is 9.74. The van der Waals surface area contributed by atoms with E-state index in [1.54, 1.807) is 0 Å². The fourth-order valence-electron chi connectivity index (χ4n) is 3.88. The fraction of sp³-hybridized carbons (Fsp3) is 0.182. The normalized spacial score (nSPS) is 22.1. The van der Waals surface area contributed by atoms with Crippen molar-refractivity contribution in [2.24, 2.45) is 5.73 Å². The Hall–Kier alpha value is -2.84. The zero-order valence-corrected chi connectivity index (χ0v) is 16.1. The standard InChI is InChI=1S/C22H17BrN2O2/c23-16-8-4-7-14(9-16)15-10-18(26)21-19(11-15)27-22(25)17(12-24)20(21)13-5-2-1-3-6-13/h1-9,15,20H,10-11,25H2/t15-,20-/m1/s1. The van der Waals surface area contributed by atoms with Gasteiger partial charge in [-0.2, -0.15) is 5.26 Å². The molecule has 0 aromatic heterocycles. The van der Waals surface area contributed by atoms with Crippen LogP contribution in [0.4, 0.5) is 0 Å². The van der Waals surface area contributed by atoms with E-state index in [0.29, 0.717) is 29.7 Å². The minimum atomic E-state index is -0.462. The zero-order chi connectivity index (χ0) is 19.0. The highest BCUT2D eigenvalue weighted by Crippen LogP contribution is 2.46. The van der Waals surface area contributed by atoms with E-state index in [1.807, 2.05) is 54.6 Å². The van der Waals surface area contributed by atoms with Gasteiger partial charge in [0.05, 0.1) is 5.92 Å². The van der Waals surface area contributed by atoms with Crippen molar-refractivity contribution in [2.75, 3.05) is 0 Å². The van der Waals surface area contributed by atoms with Crippen molar-refractivity contribution in [1.29, 1.82) is 5.26 Å². The van der Waals surface area contributed by atoms with E-state index in [4.69, 9.17) is 10.5 Å². The quantitative estimate of drug-likeness (QED) is 0.766. The smallest absolute Gasteiger partial charge is 0.205 e. The summed E-state index contributed by atoms with van der Waals surface area (Å²) in [5.41, 5.74) is 8.89. The molecular weight excluding hydrogens is 404 g/mol. The third kappa shape index (κ3) is 3.17. The molecule has 2 atom stereocenters. The van der Waals surface area contributed by atoms with Crippen LogP contribution in [0.1, 0.15) is 35.8 Å². The molecule has 0 spiro atoms. The van der Waals surface area contributed by atoms with Gasteiger partial charge >= 0.3 is 0 Å². The maximum absolute atomic E-state index is 13.1. The summed E-state index contributed by atoms with van der Waals surface area (Å²) < 4.78 is 6.76. The van der Waals surface area contributed by atoms with Crippen molar-refractivity contribution in [3.05, 3.63) is 93.0 Å².